The van der Waals surface area contributed by atoms with E-state index < -0.39 is 0 Å². The molecule has 2 aliphatic rings. The van der Waals surface area contributed by atoms with E-state index in [2.05, 4.69) is 11.9 Å². The lowest BCUT2D eigenvalue weighted by molar-refractivity contribution is 0.481. The molecule has 0 saturated heterocycles. The van der Waals surface area contributed by atoms with Crippen LogP contribution in [0.3, 0.4) is 0 Å². The topological polar surface area (TPSA) is 52.0 Å². The molecule has 76 valence electrons. The molecular formula is C11H16N2O. The molecule has 0 bridgehead atoms. The normalized spacial score (nSPS) is 35.4. The number of fused-ring (bicyclic) bond motifs is 2. The molecule has 3 rings (SSSR count). The van der Waals surface area contributed by atoms with Crippen molar-refractivity contribution in [2.45, 2.75) is 32.6 Å². The van der Waals surface area contributed by atoms with Crippen molar-refractivity contribution in [3.05, 3.63) is 11.5 Å². The maximum atomic E-state index is 5.56. The first-order valence-corrected chi connectivity index (χ1v) is 5.50. The monoisotopic (exact) mass is 192 g/mol. The molecule has 1 aromatic rings. The van der Waals surface area contributed by atoms with Crippen molar-refractivity contribution in [1.82, 2.24) is 4.98 Å². The van der Waals surface area contributed by atoms with E-state index in [1.165, 1.54) is 12.8 Å². The highest BCUT2D eigenvalue weighted by Crippen LogP contribution is 2.52. The number of rotatable bonds is 0. The number of hydrogen-bond acceptors (Lipinski definition) is 3. The van der Waals surface area contributed by atoms with Crippen molar-refractivity contribution in [1.29, 1.82) is 0 Å². The molecule has 3 nitrogen and oxygen atoms in total. The third-order valence-electron chi connectivity index (χ3n) is 3.97. The largest absolute Gasteiger partial charge is 0.429 e. The maximum Gasteiger partial charge on any atom is 0.292 e. The highest BCUT2D eigenvalue weighted by atomic mass is 16.4. The number of nitrogen functional groups attached to an aromatic ring is 1. The van der Waals surface area contributed by atoms with Crippen LogP contribution in [0.15, 0.2) is 4.42 Å². The van der Waals surface area contributed by atoms with Crippen LogP contribution in [0.5, 0.6) is 0 Å². The van der Waals surface area contributed by atoms with Gasteiger partial charge in [0.25, 0.3) is 6.01 Å². The average Bonchev–Trinajstić information content (AvgIpc) is 2.57. The third kappa shape index (κ3) is 1.15. The predicted molar refractivity (Wildman–Crippen MR) is 53.7 cm³/mol. The van der Waals surface area contributed by atoms with Crippen molar-refractivity contribution in [3.63, 3.8) is 0 Å². The van der Waals surface area contributed by atoms with Gasteiger partial charge >= 0.3 is 0 Å². The summed E-state index contributed by atoms with van der Waals surface area (Å²) in [6.45, 7) is 2.37. The molecule has 3 heteroatoms. The summed E-state index contributed by atoms with van der Waals surface area (Å²) in [5.74, 6) is 3.85. The van der Waals surface area contributed by atoms with Crippen molar-refractivity contribution in [3.8, 4) is 0 Å². The zero-order valence-corrected chi connectivity index (χ0v) is 8.49. The molecule has 14 heavy (non-hydrogen) atoms. The Morgan fingerprint density at radius 1 is 1.29 bits per heavy atom. The van der Waals surface area contributed by atoms with Crippen LogP contribution in [0.2, 0.25) is 0 Å². The van der Waals surface area contributed by atoms with Gasteiger partial charge in [0.1, 0.15) is 5.76 Å². The summed E-state index contributed by atoms with van der Waals surface area (Å²) in [4.78, 5) is 4.24. The van der Waals surface area contributed by atoms with Crippen LogP contribution < -0.4 is 5.73 Å². The molecule has 0 aromatic carbocycles. The van der Waals surface area contributed by atoms with Gasteiger partial charge in [-0.15, -0.1) is 0 Å². The fourth-order valence-electron chi connectivity index (χ4n) is 2.99. The van der Waals surface area contributed by atoms with Crippen LogP contribution >= 0.6 is 0 Å². The van der Waals surface area contributed by atoms with E-state index in [9.17, 15) is 0 Å². The fourth-order valence-corrected chi connectivity index (χ4v) is 2.99. The summed E-state index contributed by atoms with van der Waals surface area (Å²) in [5, 5.41) is 0. The van der Waals surface area contributed by atoms with Gasteiger partial charge in [-0.2, -0.15) is 4.98 Å². The van der Waals surface area contributed by atoms with E-state index in [1.54, 1.807) is 0 Å². The molecule has 0 amide bonds. The summed E-state index contributed by atoms with van der Waals surface area (Å²) >= 11 is 0. The van der Waals surface area contributed by atoms with Gasteiger partial charge in [-0.05, 0) is 37.0 Å². The van der Waals surface area contributed by atoms with Gasteiger partial charge in [-0.3, -0.25) is 0 Å². The summed E-state index contributed by atoms with van der Waals surface area (Å²) in [5.41, 5.74) is 6.67. The Morgan fingerprint density at radius 2 is 2.00 bits per heavy atom. The highest BCUT2D eigenvalue weighted by Gasteiger charge is 2.46. The summed E-state index contributed by atoms with van der Waals surface area (Å²) in [7, 11) is 0. The zero-order chi connectivity index (χ0) is 9.71. The highest BCUT2D eigenvalue weighted by molar-refractivity contribution is 5.22. The predicted octanol–water partition coefficient (Wildman–Crippen LogP) is 2.02. The summed E-state index contributed by atoms with van der Waals surface area (Å²) in [6, 6.07) is 0.346. The molecule has 2 N–H and O–H groups in total. The Balaban J connectivity index is 1.84. The lowest BCUT2D eigenvalue weighted by atomic mass is 10.0. The molecule has 1 saturated carbocycles. The molecule has 1 fully saturated rings. The van der Waals surface area contributed by atoms with Gasteiger partial charge in [0.2, 0.25) is 0 Å². The first kappa shape index (κ1) is 8.33. The van der Waals surface area contributed by atoms with E-state index >= 15 is 0 Å². The van der Waals surface area contributed by atoms with Gasteiger partial charge in [0.05, 0.1) is 5.69 Å². The molecule has 3 unspecified atom stereocenters. The fraction of sp³-hybridized carbons (Fsp3) is 0.727. The number of aryl methyl sites for hydroxylation is 2. The first-order valence-electron chi connectivity index (χ1n) is 5.50. The molecule has 1 heterocycles. The Kier molecular flexibility index (Phi) is 1.64. The van der Waals surface area contributed by atoms with Crippen molar-refractivity contribution in [2.75, 3.05) is 5.73 Å². The average molecular weight is 192 g/mol. The van der Waals surface area contributed by atoms with E-state index in [0.29, 0.717) is 6.01 Å². The number of nitrogens with zero attached hydrogens (tertiary/aromatic N) is 1. The van der Waals surface area contributed by atoms with Crippen LogP contribution in [0.25, 0.3) is 0 Å². The second-order valence-electron chi connectivity index (χ2n) is 4.69. The van der Waals surface area contributed by atoms with E-state index in [-0.39, 0.29) is 0 Å². The SMILES string of the molecule is CC1C2CCc3nc(N)oc3CCC12. The van der Waals surface area contributed by atoms with Crippen LogP contribution in [-0.4, -0.2) is 4.98 Å². The molecule has 2 aliphatic carbocycles. The van der Waals surface area contributed by atoms with Gasteiger partial charge in [0.15, 0.2) is 0 Å². The summed E-state index contributed by atoms with van der Waals surface area (Å²) < 4.78 is 5.41. The van der Waals surface area contributed by atoms with Crippen LogP contribution in [0.1, 0.15) is 31.2 Å². The van der Waals surface area contributed by atoms with Gasteiger partial charge in [-0.1, -0.05) is 6.92 Å². The molecular weight excluding hydrogens is 176 g/mol. The number of anilines is 1. The second kappa shape index (κ2) is 2.75. The number of hydrogen-bond donors (Lipinski definition) is 1. The van der Waals surface area contributed by atoms with Crippen LogP contribution in [0, 0.1) is 17.8 Å². The molecule has 0 radical (unpaired) electrons. The summed E-state index contributed by atoms with van der Waals surface area (Å²) in [6.07, 6.45) is 4.62. The lowest BCUT2D eigenvalue weighted by Crippen LogP contribution is -1.99. The molecule has 0 spiro atoms. The standard InChI is InChI=1S/C11H16N2O/c1-6-7-2-4-9-10(5-3-8(6)7)14-11(12)13-9/h6-8H,2-5H2,1H3,(H2,12,13). The molecule has 1 aromatic heterocycles. The Labute approximate surface area is 83.7 Å². The van der Waals surface area contributed by atoms with E-state index in [1.807, 2.05) is 0 Å². The minimum Gasteiger partial charge on any atom is -0.429 e. The first-order chi connectivity index (χ1) is 6.75. The third-order valence-corrected chi connectivity index (χ3v) is 3.97. The Bertz CT molecular complexity index is 327. The van der Waals surface area contributed by atoms with Crippen LogP contribution in [0.4, 0.5) is 6.01 Å². The lowest BCUT2D eigenvalue weighted by Gasteiger charge is -2.04. The minimum absolute atomic E-state index is 0.346. The van der Waals surface area contributed by atoms with Crippen molar-refractivity contribution in [2.24, 2.45) is 17.8 Å². The van der Waals surface area contributed by atoms with E-state index in [4.69, 9.17) is 10.2 Å². The van der Waals surface area contributed by atoms with Gasteiger partial charge in [0, 0.05) is 6.42 Å². The molecule has 0 aliphatic heterocycles. The maximum absolute atomic E-state index is 5.56. The van der Waals surface area contributed by atoms with Crippen LogP contribution in [-0.2, 0) is 12.8 Å². The number of oxazole rings is 1. The quantitative estimate of drug-likeness (QED) is 0.684. The van der Waals surface area contributed by atoms with Gasteiger partial charge < -0.3 is 10.2 Å². The van der Waals surface area contributed by atoms with Crippen molar-refractivity contribution < 1.29 is 4.42 Å². The Hall–Kier alpha value is -0.990. The molecule has 3 atom stereocenters. The minimum atomic E-state index is 0.346. The smallest absolute Gasteiger partial charge is 0.292 e. The van der Waals surface area contributed by atoms with E-state index in [0.717, 1.165) is 42.0 Å². The second-order valence-corrected chi connectivity index (χ2v) is 4.69. The van der Waals surface area contributed by atoms with Gasteiger partial charge in [-0.25, -0.2) is 0 Å². The number of nitrogens with two attached hydrogens (primary N) is 1. The van der Waals surface area contributed by atoms with Crippen molar-refractivity contribution >= 4 is 6.01 Å². The zero-order valence-electron chi connectivity index (χ0n) is 8.49. The number of aromatic nitrogens is 1. The Morgan fingerprint density at radius 3 is 2.79 bits per heavy atom.